The van der Waals surface area contributed by atoms with Gasteiger partial charge in [0.05, 0.1) is 37.0 Å². The minimum Gasteiger partial charge on any atom is -0.480 e. The zero-order chi connectivity index (χ0) is 25.8. The predicted molar refractivity (Wildman–Crippen MR) is 132 cm³/mol. The Kier molecular flexibility index (Phi) is 7.35. The van der Waals surface area contributed by atoms with Crippen molar-refractivity contribution in [2.45, 2.75) is 31.2 Å². The van der Waals surface area contributed by atoms with Crippen molar-refractivity contribution in [3.63, 3.8) is 0 Å². The third kappa shape index (κ3) is 5.43. The van der Waals surface area contributed by atoms with Crippen molar-refractivity contribution in [3.8, 4) is 5.88 Å². The lowest BCUT2D eigenvalue weighted by Gasteiger charge is -2.23. The van der Waals surface area contributed by atoms with Crippen LogP contribution in [0.2, 0.25) is 0 Å². The standard InChI is InChI=1S/C26H28N4O7/c1-34-23-12-28-18-9-5-8-17(25(18)29-23)19(31)10-27-11-20(32)21-13-30(26(33)37-21)24-15-35-14-22(36-24)16-6-3-2-4-7-16/h2-3,5-6,8-9,12,14-15,19-21,27,31-32H,4,7,10-11,13H2,1H3/t19?,20-,21-/m0/s1. The third-order valence-electron chi connectivity index (χ3n) is 6.26. The summed E-state index contributed by atoms with van der Waals surface area (Å²) in [6.07, 6.45) is 8.65. The highest BCUT2D eigenvalue weighted by atomic mass is 16.6. The van der Waals surface area contributed by atoms with Crippen molar-refractivity contribution < 1.29 is 34.0 Å². The van der Waals surface area contributed by atoms with Gasteiger partial charge in [0.15, 0.2) is 12.0 Å². The zero-order valence-electron chi connectivity index (χ0n) is 20.2. The molecule has 1 fully saturated rings. The Balaban J connectivity index is 1.15. The third-order valence-corrected chi connectivity index (χ3v) is 6.26. The van der Waals surface area contributed by atoms with E-state index in [9.17, 15) is 15.0 Å². The molecule has 3 aliphatic rings. The van der Waals surface area contributed by atoms with Gasteiger partial charge in [0.1, 0.15) is 18.5 Å². The van der Waals surface area contributed by atoms with Gasteiger partial charge < -0.3 is 34.5 Å². The summed E-state index contributed by atoms with van der Waals surface area (Å²) in [5, 5.41) is 24.4. The highest BCUT2D eigenvalue weighted by Crippen LogP contribution is 2.30. The van der Waals surface area contributed by atoms with Crippen LogP contribution in [0.4, 0.5) is 4.79 Å². The molecule has 1 aromatic carbocycles. The van der Waals surface area contributed by atoms with Gasteiger partial charge in [-0.05, 0) is 24.5 Å². The lowest BCUT2D eigenvalue weighted by molar-refractivity contribution is 0.0312. The van der Waals surface area contributed by atoms with Crippen molar-refractivity contribution in [3.05, 3.63) is 77.9 Å². The van der Waals surface area contributed by atoms with Gasteiger partial charge in [0.2, 0.25) is 11.8 Å². The Morgan fingerprint density at radius 3 is 2.97 bits per heavy atom. The first kappa shape index (κ1) is 24.8. The monoisotopic (exact) mass is 508 g/mol. The zero-order valence-corrected chi connectivity index (χ0v) is 20.2. The van der Waals surface area contributed by atoms with Crippen LogP contribution in [-0.2, 0) is 14.2 Å². The van der Waals surface area contributed by atoms with Crippen LogP contribution in [0.25, 0.3) is 11.0 Å². The maximum absolute atomic E-state index is 12.5. The summed E-state index contributed by atoms with van der Waals surface area (Å²) >= 11 is 0. The van der Waals surface area contributed by atoms with E-state index in [1.165, 1.54) is 30.7 Å². The number of nitrogens with zero attached hydrogens (tertiary/aromatic N) is 3. The first-order valence-corrected chi connectivity index (χ1v) is 12.0. The van der Waals surface area contributed by atoms with Crippen molar-refractivity contribution in [1.82, 2.24) is 20.2 Å². The van der Waals surface area contributed by atoms with Crippen LogP contribution in [-0.4, -0.2) is 70.1 Å². The predicted octanol–water partition coefficient (Wildman–Crippen LogP) is 2.41. The molecule has 11 nitrogen and oxygen atoms in total. The first-order chi connectivity index (χ1) is 18.0. The molecule has 1 saturated heterocycles. The largest absolute Gasteiger partial charge is 0.480 e. The van der Waals surface area contributed by atoms with E-state index in [2.05, 4.69) is 21.4 Å². The van der Waals surface area contributed by atoms with E-state index in [1.807, 2.05) is 12.2 Å². The summed E-state index contributed by atoms with van der Waals surface area (Å²) in [7, 11) is 1.50. The normalized spacial score (nSPS) is 20.8. The molecule has 1 unspecified atom stereocenters. The number of hydrogen-bond acceptors (Lipinski definition) is 10. The molecule has 1 aromatic heterocycles. The number of amides is 1. The van der Waals surface area contributed by atoms with Crippen LogP contribution in [0, 0.1) is 0 Å². The first-order valence-electron chi connectivity index (χ1n) is 12.0. The molecule has 0 saturated carbocycles. The maximum Gasteiger partial charge on any atom is 0.417 e. The van der Waals surface area contributed by atoms with E-state index < -0.39 is 24.4 Å². The highest BCUT2D eigenvalue weighted by Gasteiger charge is 2.39. The van der Waals surface area contributed by atoms with Gasteiger partial charge >= 0.3 is 6.09 Å². The Hall–Kier alpha value is -3.93. The fraction of sp³-hybridized carbons (Fsp3) is 0.346. The van der Waals surface area contributed by atoms with E-state index >= 15 is 0 Å². The van der Waals surface area contributed by atoms with E-state index in [-0.39, 0.29) is 25.5 Å². The summed E-state index contributed by atoms with van der Waals surface area (Å²) in [5.41, 5.74) is 2.72. The molecule has 5 rings (SSSR count). The second kappa shape index (κ2) is 11.0. The van der Waals surface area contributed by atoms with Gasteiger partial charge in [0, 0.05) is 18.7 Å². The Morgan fingerprint density at radius 1 is 1.27 bits per heavy atom. The molecule has 2 aromatic rings. The summed E-state index contributed by atoms with van der Waals surface area (Å²) < 4.78 is 21.8. The number of hydrogen-bond donors (Lipinski definition) is 3. The number of para-hydroxylation sites is 1. The molecule has 1 aliphatic carbocycles. The number of allylic oxidation sites excluding steroid dienone is 4. The number of aliphatic hydroxyl groups excluding tert-OH is 2. The topological polar surface area (TPSA) is 136 Å². The van der Waals surface area contributed by atoms with E-state index in [4.69, 9.17) is 18.9 Å². The quantitative estimate of drug-likeness (QED) is 0.463. The molecule has 2 aliphatic heterocycles. The number of nitrogens with one attached hydrogen (secondary N) is 1. The number of methoxy groups -OCH3 is 1. The molecule has 1 amide bonds. The second-order valence-corrected chi connectivity index (χ2v) is 8.74. The number of aliphatic hydroxyl groups is 2. The van der Waals surface area contributed by atoms with Crippen LogP contribution in [0.15, 0.2) is 72.4 Å². The lowest BCUT2D eigenvalue weighted by Crippen LogP contribution is -2.40. The lowest BCUT2D eigenvalue weighted by atomic mass is 10.0. The number of benzene rings is 1. The van der Waals surface area contributed by atoms with Gasteiger partial charge in [-0.3, -0.25) is 0 Å². The van der Waals surface area contributed by atoms with E-state index in [0.717, 1.165) is 18.4 Å². The van der Waals surface area contributed by atoms with Gasteiger partial charge in [-0.2, -0.15) is 0 Å². The fourth-order valence-corrected chi connectivity index (χ4v) is 4.26. The van der Waals surface area contributed by atoms with Crippen LogP contribution in [0.5, 0.6) is 5.88 Å². The van der Waals surface area contributed by atoms with Gasteiger partial charge in [-0.25, -0.2) is 19.7 Å². The molecular formula is C26H28N4O7. The van der Waals surface area contributed by atoms with Crippen molar-refractivity contribution in [2.75, 3.05) is 26.7 Å². The van der Waals surface area contributed by atoms with Crippen molar-refractivity contribution >= 4 is 17.1 Å². The number of aromatic nitrogens is 2. The summed E-state index contributed by atoms with van der Waals surface area (Å²) in [6.45, 7) is 0.313. The number of cyclic esters (lactones) is 1. The smallest absolute Gasteiger partial charge is 0.417 e. The molecule has 3 atom stereocenters. The Labute approximate surface area is 213 Å². The Morgan fingerprint density at radius 2 is 2.16 bits per heavy atom. The fourth-order valence-electron chi connectivity index (χ4n) is 4.26. The minimum absolute atomic E-state index is 0.0867. The SMILES string of the molecule is COc1cnc2cccc(C(O)CNC[C@H](O)[C@@H]3CN(C4=COC=C(C5=CC=CCC5)O4)C(=O)O3)c2n1. The summed E-state index contributed by atoms with van der Waals surface area (Å²) in [4.78, 5) is 22.5. The van der Waals surface area contributed by atoms with E-state index in [1.54, 1.807) is 18.2 Å². The summed E-state index contributed by atoms with van der Waals surface area (Å²) in [5.74, 6) is 1.08. The Bertz CT molecular complexity index is 1290. The molecule has 0 spiro atoms. The number of ether oxygens (including phenoxy) is 4. The number of rotatable bonds is 9. The van der Waals surface area contributed by atoms with Gasteiger partial charge in [0.25, 0.3) is 0 Å². The molecule has 11 heteroatoms. The molecule has 37 heavy (non-hydrogen) atoms. The molecule has 0 radical (unpaired) electrons. The maximum atomic E-state index is 12.5. The van der Waals surface area contributed by atoms with Crippen molar-refractivity contribution in [1.29, 1.82) is 0 Å². The number of fused-ring (bicyclic) bond motifs is 1. The molecule has 0 bridgehead atoms. The molecular weight excluding hydrogens is 480 g/mol. The second-order valence-electron chi connectivity index (χ2n) is 8.74. The van der Waals surface area contributed by atoms with Crippen LogP contribution >= 0.6 is 0 Å². The molecule has 3 N–H and O–H groups in total. The van der Waals surface area contributed by atoms with Crippen LogP contribution in [0.1, 0.15) is 24.5 Å². The highest BCUT2D eigenvalue weighted by molar-refractivity contribution is 5.78. The van der Waals surface area contributed by atoms with Gasteiger partial charge in [-0.15, -0.1) is 0 Å². The van der Waals surface area contributed by atoms with Crippen LogP contribution in [0.3, 0.4) is 0 Å². The van der Waals surface area contributed by atoms with Gasteiger partial charge in [-0.1, -0.05) is 30.4 Å². The van der Waals surface area contributed by atoms with Crippen LogP contribution < -0.4 is 10.1 Å². The minimum atomic E-state index is -1.01. The van der Waals surface area contributed by atoms with Crippen molar-refractivity contribution in [2.24, 2.45) is 0 Å². The molecule has 194 valence electrons. The average molecular weight is 509 g/mol. The summed E-state index contributed by atoms with van der Waals surface area (Å²) in [6, 6.07) is 5.35. The number of carbonyl (C=O) groups is 1. The average Bonchev–Trinajstić information content (AvgIpc) is 3.34. The molecule has 3 heterocycles. The van der Waals surface area contributed by atoms with E-state index in [0.29, 0.717) is 28.2 Å². The number of carbonyl (C=O) groups excluding carboxylic acids is 1.